The Balaban J connectivity index is 0.993. The van der Waals surface area contributed by atoms with E-state index in [0.717, 1.165) is 68.1 Å². The van der Waals surface area contributed by atoms with Crippen molar-refractivity contribution in [2.75, 3.05) is 0 Å². The van der Waals surface area contributed by atoms with Crippen LogP contribution in [0.4, 0.5) is 0 Å². The molecule has 0 atom stereocenters. The smallest absolute Gasteiger partial charge is 0.0972 e. The van der Waals surface area contributed by atoms with E-state index in [-0.39, 0.29) is 0 Å². The van der Waals surface area contributed by atoms with Crippen molar-refractivity contribution in [2.45, 2.75) is 12.8 Å². The van der Waals surface area contributed by atoms with Gasteiger partial charge in [-0.3, -0.25) is 4.98 Å². The third-order valence-corrected chi connectivity index (χ3v) is 11.0. The van der Waals surface area contributed by atoms with Crippen LogP contribution in [0.5, 0.6) is 0 Å². The number of aryl methyl sites for hydroxylation is 2. The molecule has 11 rings (SSSR count). The average Bonchev–Trinajstić information content (AvgIpc) is 3.22. The van der Waals surface area contributed by atoms with E-state index in [4.69, 9.17) is 9.97 Å². The van der Waals surface area contributed by atoms with Crippen LogP contribution in [0, 0.1) is 0 Å². The highest BCUT2D eigenvalue weighted by molar-refractivity contribution is 6.17. The molecule has 0 aliphatic heterocycles. The van der Waals surface area contributed by atoms with Crippen LogP contribution in [-0.4, -0.2) is 15.0 Å². The molecule has 10 aromatic rings. The molecular weight excluding hydrogens is 631 g/mol. The van der Waals surface area contributed by atoms with Crippen molar-refractivity contribution in [2.24, 2.45) is 0 Å². The van der Waals surface area contributed by atoms with Crippen LogP contribution in [0.2, 0.25) is 0 Å². The van der Waals surface area contributed by atoms with E-state index >= 15 is 0 Å². The van der Waals surface area contributed by atoms with Crippen molar-refractivity contribution in [3.05, 3.63) is 175 Å². The van der Waals surface area contributed by atoms with Gasteiger partial charge in [0.25, 0.3) is 0 Å². The first kappa shape index (κ1) is 29.1. The van der Waals surface area contributed by atoms with Gasteiger partial charge in [-0.05, 0) is 92.0 Å². The highest BCUT2D eigenvalue weighted by Gasteiger charge is 2.21. The van der Waals surface area contributed by atoms with E-state index in [0.29, 0.717) is 0 Å². The van der Waals surface area contributed by atoms with Crippen molar-refractivity contribution in [3.63, 3.8) is 0 Å². The molecule has 1 aliphatic carbocycles. The SMILES string of the molecule is c1ccc(-c2ccc3c4c2ccc2ccc(-c5ccc(-c6ccc7ccc8ccc(-c9cnc%10ccccc%10c9)nc8c7n6)cc5)c(c24)CC3)cc1. The van der Waals surface area contributed by atoms with Gasteiger partial charge < -0.3 is 0 Å². The molecule has 3 heteroatoms. The Labute approximate surface area is 300 Å². The van der Waals surface area contributed by atoms with Crippen LogP contribution in [-0.2, 0) is 12.8 Å². The molecule has 0 fully saturated rings. The zero-order chi connectivity index (χ0) is 34.2. The predicted octanol–water partition coefficient (Wildman–Crippen LogP) is 12.4. The summed E-state index contributed by atoms with van der Waals surface area (Å²) >= 11 is 0. The van der Waals surface area contributed by atoms with E-state index in [2.05, 4.69) is 145 Å². The van der Waals surface area contributed by atoms with Gasteiger partial charge >= 0.3 is 0 Å². The third kappa shape index (κ3) is 4.56. The monoisotopic (exact) mass is 661 g/mol. The van der Waals surface area contributed by atoms with Gasteiger partial charge in [0, 0.05) is 33.5 Å². The summed E-state index contributed by atoms with van der Waals surface area (Å²) in [6, 6.07) is 56.8. The Kier molecular flexibility index (Phi) is 6.38. The number of rotatable bonds is 4. The number of nitrogens with zero attached hydrogens (tertiary/aromatic N) is 3. The summed E-state index contributed by atoms with van der Waals surface area (Å²) in [6.07, 6.45) is 4.00. The number of fused-ring (bicyclic) bond motifs is 4. The summed E-state index contributed by atoms with van der Waals surface area (Å²) in [5.74, 6) is 0. The molecule has 242 valence electrons. The van der Waals surface area contributed by atoms with E-state index in [1.54, 1.807) is 0 Å². The van der Waals surface area contributed by atoms with Crippen LogP contribution in [0.1, 0.15) is 11.1 Å². The molecule has 3 heterocycles. The van der Waals surface area contributed by atoms with E-state index in [1.165, 1.54) is 54.9 Å². The molecule has 0 saturated carbocycles. The molecule has 0 saturated heterocycles. The molecule has 1 aliphatic rings. The van der Waals surface area contributed by atoms with Crippen LogP contribution in [0.25, 0.3) is 99.0 Å². The summed E-state index contributed by atoms with van der Waals surface area (Å²) in [5.41, 5.74) is 14.7. The Morgan fingerprint density at radius 2 is 1.04 bits per heavy atom. The zero-order valence-electron chi connectivity index (χ0n) is 28.3. The summed E-state index contributed by atoms with van der Waals surface area (Å²) < 4.78 is 0. The molecule has 7 aromatic carbocycles. The van der Waals surface area contributed by atoms with E-state index < -0.39 is 0 Å². The quantitative estimate of drug-likeness (QED) is 0.176. The number of pyridine rings is 3. The van der Waals surface area contributed by atoms with Gasteiger partial charge in [-0.1, -0.05) is 133 Å². The average molecular weight is 662 g/mol. The lowest BCUT2D eigenvalue weighted by atomic mass is 9.81. The van der Waals surface area contributed by atoms with Crippen molar-refractivity contribution >= 4 is 54.3 Å². The van der Waals surface area contributed by atoms with Crippen molar-refractivity contribution in [3.8, 4) is 44.8 Å². The fraction of sp³-hybridized carbons (Fsp3) is 0.0408. The van der Waals surface area contributed by atoms with Gasteiger partial charge in [0.05, 0.1) is 27.9 Å². The lowest BCUT2D eigenvalue weighted by Gasteiger charge is -2.23. The summed E-state index contributed by atoms with van der Waals surface area (Å²) in [6.45, 7) is 0. The maximum absolute atomic E-state index is 5.23. The van der Waals surface area contributed by atoms with Crippen LogP contribution in [0.15, 0.2) is 164 Å². The Morgan fingerprint density at radius 1 is 0.404 bits per heavy atom. The topological polar surface area (TPSA) is 38.7 Å². The largest absolute Gasteiger partial charge is 0.256 e. The number of aromatic nitrogens is 3. The molecular formula is C49H31N3. The first-order chi connectivity index (χ1) is 25.7. The molecule has 0 spiro atoms. The molecule has 52 heavy (non-hydrogen) atoms. The van der Waals surface area contributed by atoms with Crippen LogP contribution < -0.4 is 0 Å². The third-order valence-electron chi connectivity index (χ3n) is 11.0. The van der Waals surface area contributed by atoms with Crippen molar-refractivity contribution in [1.29, 1.82) is 0 Å². The molecule has 0 amide bonds. The molecule has 3 aromatic heterocycles. The summed E-state index contributed by atoms with van der Waals surface area (Å²) in [4.78, 5) is 15.1. The second-order valence-corrected chi connectivity index (χ2v) is 13.9. The van der Waals surface area contributed by atoms with Crippen molar-refractivity contribution < 1.29 is 0 Å². The molecule has 0 N–H and O–H groups in total. The highest BCUT2D eigenvalue weighted by Crippen LogP contribution is 2.43. The highest BCUT2D eigenvalue weighted by atomic mass is 14.8. The van der Waals surface area contributed by atoms with Crippen LogP contribution in [0.3, 0.4) is 0 Å². The van der Waals surface area contributed by atoms with Gasteiger partial charge in [-0.15, -0.1) is 0 Å². The van der Waals surface area contributed by atoms with Gasteiger partial charge in [-0.2, -0.15) is 0 Å². The molecule has 3 nitrogen and oxygen atoms in total. The van der Waals surface area contributed by atoms with Gasteiger partial charge in [0.2, 0.25) is 0 Å². The number of benzene rings is 7. The van der Waals surface area contributed by atoms with Gasteiger partial charge in [0.15, 0.2) is 0 Å². The maximum atomic E-state index is 5.23. The van der Waals surface area contributed by atoms with Gasteiger partial charge in [0.1, 0.15) is 0 Å². The Morgan fingerprint density at radius 3 is 1.85 bits per heavy atom. The normalized spacial score (nSPS) is 12.5. The number of hydrogen-bond donors (Lipinski definition) is 0. The maximum Gasteiger partial charge on any atom is 0.0972 e. The Bertz CT molecular complexity index is 3050. The van der Waals surface area contributed by atoms with E-state index in [1.807, 2.05) is 24.4 Å². The standard InChI is InChI=1S/C49H31N3/c1-2-6-30(7-3-1)39-22-16-33-19-25-42-40(23-17-34-18-24-41(39)46(33)47(34)42)31-10-12-32(13-11-31)44-26-20-35-14-15-36-21-27-45(52-49(36)48(35)51-44)38-28-37-8-4-5-9-43(37)50-29-38/h1-18,20-24,26-29H,19,25H2. The number of hydrogen-bond acceptors (Lipinski definition) is 3. The molecule has 0 unspecified atom stereocenters. The fourth-order valence-corrected chi connectivity index (χ4v) is 8.39. The minimum absolute atomic E-state index is 0.894. The molecule has 0 radical (unpaired) electrons. The lowest BCUT2D eigenvalue weighted by Crippen LogP contribution is -2.04. The second kappa shape index (κ2) is 11.4. The zero-order valence-corrected chi connectivity index (χ0v) is 28.3. The minimum Gasteiger partial charge on any atom is -0.256 e. The lowest BCUT2D eigenvalue weighted by molar-refractivity contribution is 0.970. The summed E-state index contributed by atoms with van der Waals surface area (Å²) in [7, 11) is 0. The first-order valence-electron chi connectivity index (χ1n) is 18.0. The predicted molar refractivity (Wildman–Crippen MR) is 217 cm³/mol. The van der Waals surface area contributed by atoms with Gasteiger partial charge in [-0.25, -0.2) is 9.97 Å². The van der Waals surface area contributed by atoms with E-state index in [9.17, 15) is 0 Å². The minimum atomic E-state index is 0.894. The number of para-hydroxylation sites is 1. The first-order valence-corrected chi connectivity index (χ1v) is 18.0. The van der Waals surface area contributed by atoms with Crippen molar-refractivity contribution in [1.82, 2.24) is 15.0 Å². The summed E-state index contributed by atoms with van der Waals surface area (Å²) in [5, 5.41) is 8.73. The second-order valence-electron chi connectivity index (χ2n) is 13.9. The fourth-order valence-electron chi connectivity index (χ4n) is 8.39. The van der Waals surface area contributed by atoms with Crippen LogP contribution >= 0.6 is 0 Å². The Hall–Kier alpha value is -6.71. The molecule has 0 bridgehead atoms.